The quantitative estimate of drug-likeness (QED) is 0.232. The first-order valence-electron chi connectivity index (χ1n) is 11.5. The fourth-order valence-corrected chi connectivity index (χ4v) is 3.95. The van der Waals surface area contributed by atoms with E-state index < -0.39 is 11.6 Å². The maximum absolute atomic E-state index is 12.5. The second-order valence-corrected chi connectivity index (χ2v) is 8.65. The third-order valence-corrected chi connectivity index (χ3v) is 5.80. The molecule has 0 saturated heterocycles. The highest BCUT2D eigenvalue weighted by molar-refractivity contribution is 5.92. The molecule has 184 valence electrons. The van der Waals surface area contributed by atoms with E-state index >= 15 is 0 Å². The van der Waals surface area contributed by atoms with Crippen LogP contribution in [0.5, 0.6) is 0 Å². The van der Waals surface area contributed by atoms with Crippen molar-refractivity contribution < 1.29 is 18.7 Å². The van der Waals surface area contributed by atoms with Crippen molar-refractivity contribution in [3.63, 3.8) is 0 Å². The number of hydrogen-bond acceptors (Lipinski definition) is 6. The average molecular weight is 486 g/mol. The van der Waals surface area contributed by atoms with Gasteiger partial charge < -0.3 is 14.5 Å². The van der Waals surface area contributed by atoms with E-state index in [1.807, 2.05) is 25.5 Å². The van der Waals surface area contributed by atoms with Crippen LogP contribution in [0.4, 0.5) is 5.69 Å². The Labute approximate surface area is 208 Å². The van der Waals surface area contributed by atoms with Crippen LogP contribution >= 0.6 is 0 Å². The number of benzene rings is 2. The number of carbonyl (C=O) groups excluding carboxylic acids is 2. The molecule has 2 aromatic carbocycles. The number of fused-ring (bicyclic) bond motifs is 1. The fourth-order valence-electron chi connectivity index (χ4n) is 3.95. The Kier molecular flexibility index (Phi) is 7.15. The number of anilines is 1. The highest BCUT2D eigenvalue weighted by Crippen LogP contribution is 2.22. The summed E-state index contributed by atoms with van der Waals surface area (Å²) in [7, 11) is 0. The molecule has 4 rings (SSSR count). The van der Waals surface area contributed by atoms with Crippen LogP contribution in [0, 0.1) is 20.8 Å². The monoisotopic (exact) mass is 485 g/mol. The molecule has 1 amide bonds. The largest absolute Gasteiger partial charge is 0.458 e. The SMILES string of the molecule is CC(=O)Nc1ccc2c(COC(=O)C=Cc3c(C)nn(Cc4ccc(C)cc4)c3C)cc(=O)oc2c1. The van der Waals surface area contributed by atoms with Gasteiger partial charge in [0.25, 0.3) is 0 Å². The Morgan fingerprint density at radius 2 is 1.83 bits per heavy atom. The van der Waals surface area contributed by atoms with Gasteiger partial charge in [0.15, 0.2) is 0 Å². The van der Waals surface area contributed by atoms with Crippen LogP contribution in [0.25, 0.3) is 17.0 Å². The van der Waals surface area contributed by atoms with E-state index in [0.717, 1.165) is 22.5 Å². The molecule has 2 heterocycles. The van der Waals surface area contributed by atoms with Crippen LogP contribution in [-0.4, -0.2) is 21.7 Å². The number of carbonyl (C=O) groups is 2. The van der Waals surface area contributed by atoms with Crippen LogP contribution < -0.4 is 10.9 Å². The zero-order valence-corrected chi connectivity index (χ0v) is 20.6. The maximum Gasteiger partial charge on any atom is 0.336 e. The Morgan fingerprint density at radius 1 is 1.08 bits per heavy atom. The van der Waals surface area contributed by atoms with Gasteiger partial charge in [0.05, 0.1) is 12.2 Å². The Balaban J connectivity index is 1.46. The minimum atomic E-state index is -0.573. The first-order valence-corrected chi connectivity index (χ1v) is 11.5. The van der Waals surface area contributed by atoms with Crippen LogP contribution in [0.2, 0.25) is 0 Å². The van der Waals surface area contributed by atoms with Crippen molar-refractivity contribution in [3.8, 4) is 0 Å². The van der Waals surface area contributed by atoms with Gasteiger partial charge in [0.2, 0.25) is 5.91 Å². The zero-order chi connectivity index (χ0) is 25.8. The lowest BCUT2D eigenvalue weighted by molar-refractivity contribution is -0.138. The summed E-state index contributed by atoms with van der Waals surface area (Å²) in [5.41, 5.74) is 5.69. The van der Waals surface area contributed by atoms with Crippen molar-refractivity contribution >= 4 is 34.6 Å². The maximum atomic E-state index is 12.5. The van der Waals surface area contributed by atoms with Crippen LogP contribution in [0.3, 0.4) is 0 Å². The number of amides is 1. The number of rotatable bonds is 7. The second kappa shape index (κ2) is 10.4. The van der Waals surface area contributed by atoms with E-state index in [-0.39, 0.29) is 12.5 Å². The number of esters is 1. The predicted octanol–water partition coefficient (Wildman–Crippen LogP) is 4.68. The molecule has 8 nitrogen and oxygen atoms in total. The third kappa shape index (κ3) is 5.78. The first-order chi connectivity index (χ1) is 17.2. The van der Waals surface area contributed by atoms with E-state index in [4.69, 9.17) is 9.15 Å². The van der Waals surface area contributed by atoms with Gasteiger partial charge in [-0.05, 0) is 44.5 Å². The van der Waals surface area contributed by atoms with Crippen molar-refractivity contribution in [3.05, 3.63) is 98.7 Å². The molecular weight excluding hydrogens is 458 g/mol. The number of ether oxygens (including phenoxy) is 1. The number of nitrogens with zero attached hydrogens (tertiary/aromatic N) is 2. The highest BCUT2D eigenvalue weighted by atomic mass is 16.5. The van der Waals surface area contributed by atoms with Crippen molar-refractivity contribution in [1.82, 2.24) is 9.78 Å². The van der Waals surface area contributed by atoms with E-state index in [0.29, 0.717) is 28.8 Å². The van der Waals surface area contributed by atoms with E-state index in [1.54, 1.807) is 24.3 Å². The van der Waals surface area contributed by atoms with Gasteiger partial charge in [-0.15, -0.1) is 0 Å². The van der Waals surface area contributed by atoms with Gasteiger partial charge in [-0.3, -0.25) is 9.48 Å². The minimum absolute atomic E-state index is 0.102. The van der Waals surface area contributed by atoms with Gasteiger partial charge in [0, 0.05) is 53.0 Å². The van der Waals surface area contributed by atoms with Gasteiger partial charge >= 0.3 is 11.6 Å². The Hall–Kier alpha value is -4.46. The number of nitrogens with one attached hydrogen (secondary N) is 1. The summed E-state index contributed by atoms with van der Waals surface area (Å²) in [6.07, 6.45) is 3.05. The summed E-state index contributed by atoms with van der Waals surface area (Å²) in [6, 6.07) is 14.5. The van der Waals surface area contributed by atoms with Crippen LogP contribution in [0.1, 0.15) is 40.6 Å². The van der Waals surface area contributed by atoms with Gasteiger partial charge in [-0.2, -0.15) is 5.10 Å². The van der Waals surface area contributed by atoms with Crippen LogP contribution in [-0.2, 0) is 27.5 Å². The molecule has 0 radical (unpaired) electrons. The first kappa shape index (κ1) is 24.7. The topological polar surface area (TPSA) is 103 Å². The standard InChI is InChI=1S/C28H27N3O5/c1-17-5-7-21(8-6-17)15-31-19(3)24(18(2)30-31)11-12-27(33)35-16-22-13-28(34)36-26-14-23(29-20(4)32)9-10-25(22)26/h5-14H,15-16H2,1-4H3,(H,29,32). The lowest BCUT2D eigenvalue weighted by Crippen LogP contribution is -2.07. The third-order valence-electron chi connectivity index (χ3n) is 5.80. The summed E-state index contributed by atoms with van der Waals surface area (Å²) >= 11 is 0. The molecule has 0 fully saturated rings. The van der Waals surface area contributed by atoms with Gasteiger partial charge in [0.1, 0.15) is 12.2 Å². The molecule has 0 bridgehead atoms. The summed E-state index contributed by atoms with van der Waals surface area (Å²) < 4.78 is 12.6. The molecule has 0 spiro atoms. The van der Waals surface area contributed by atoms with Crippen LogP contribution in [0.15, 0.2) is 63.8 Å². The molecular formula is C28H27N3O5. The fraction of sp³-hybridized carbons (Fsp3) is 0.214. The lowest BCUT2D eigenvalue weighted by Gasteiger charge is -2.08. The molecule has 0 saturated carbocycles. The van der Waals surface area contributed by atoms with E-state index in [1.165, 1.54) is 24.6 Å². The van der Waals surface area contributed by atoms with Crippen molar-refractivity contribution in [1.29, 1.82) is 0 Å². The molecule has 1 N–H and O–H groups in total. The summed E-state index contributed by atoms with van der Waals surface area (Å²) in [4.78, 5) is 35.7. The molecule has 0 aliphatic heterocycles. The smallest absolute Gasteiger partial charge is 0.336 e. The lowest BCUT2D eigenvalue weighted by atomic mass is 10.1. The van der Waals surface area contributed by atoms with Gasteiger partial charge in [-0.1, -0.05) is 29.8 Å². The van der Waals surface area contributed by atoms with E-state index in [2.05, 4.69) is 34.7 Å². The molecule has 0 aliphatic rings. The Bertz CT molecular complexity index is 1530. The number of hydrogen-bond donors (Lipinski definition) is 1. The normalized spacial score (nSPS) is 11.2. The second-order valence-electron chi connectivity index (χ2n) is 8.65. The molecule has 0 unspecified atom stereocenters. The number of aromatic nitrogens is 2. The van der Waals surface area contributed by atoms with Crippen molar-refractivity contribution in [2.75, 3.05) is 5.32 Å². The van der Waals surface area contributed by atoms with Crippen molar-refractivity contribution in [2.24, 2.45) is 0 Å². The average Bonchev–Trinajstić information content (AvgIpc) is 3.08. The molecule has 8 heteroatoms. The molecule has 2 aromatic heterocycles. The molecule has 4 aromatic rings. The van der Waals surface area contributed by atoms with Gasteiger partial charge in [-0.25, -0.2) is 9.59 Å². The number of aryl methyl sites for hydroxylation is 2. The summed E-state index contributed by atoms with van der Waals surface area (Å²) in [5.74, 6) is -0.781. The summed E-state index contributed by atoms with van der Waals surface area (Å²) in [5, 5.41) is 7.87. The predicted molar refractivity (Wildman–Crippen MR) is 138 cm³/mol. The highest BCUT2D eigenvalue weighted by Gasteiger charge is 2.12. The molecule has 0 aliphatic carbocycles. The zero-order valence-electron chi connectivity index (χ0n) is 20.6. The minimum Gasteiger partial charge on any atom is -0.458 e. The van der Waals surface area contributed by atoms with Crippen molar-refractivity contribution in [2.45, 2.75) is 40.8 Å². The van der Waals surface area contributed by atoms with E-state index in [9.17, 15) is 14.4 Å². The molecule has 0 atom stereocenters. The molecule has 36 heavy (non-hydrogen) atoms. The Morgan fingerprint density at radius 3 is 2.56 bits per heavy atom. The summed E-state index contributed by atoms with van der Waals surface area (Å²) in [6.45, 7) is 7.84.